The molecule has 126 valence electrons. The van der Waals surface area contributed by atoms with Crippen molar-refractivity contribution in [2.24, 2.45) is 0 Å². The maximum absolute atomic E-state index is 12.5. The van der Waals surface area contributed by atoms with E-state index in [0.29, 0.717) is 32.1 Å². The van der Waals surface area contributed by atoms with Crippen molar-refractivity contribution in [2.75, 3.05) is 37.6 Å². The number of anilines is 1. The van der Waals surface area contributed by atoms with Crippen LogP contribution in [0.2, 0.25) is 0 Å². The molecule has 0 N–H and O–H groups in total. The number of hydrogen-bond donors (Lipinski definition) is 0. The molecular weight excluding hydrogens is 294 g/mol. The molecule has 7 heteroatoms. The lowest BCUT2D eigenvalue weighted by atomic mass is 10.1. The molecule has 2 amide bonds. The van der Waals surface area contributed by atoms with E-state index in [1.165, 1.54) is 6.92 Å². The lowest BCUT2D eigenvalue weighted by molar-refractivity contribution is -0.143. The number of amides is 2. The van der Waals surface area contributed by atoms with Crippen LogP contribution in [0.3, 0.4) is 0 Å². The standard InChI is InChI=1S/C16H25N5O2/c1-13(22)21(16(2,3)4)12-14(23)19-8-10-20(11-9-19)15-17-6-5-7-18-15/h5-7H,8-12H2,1-4H3. The fraction of sp³-hybridized carbons (Fsp3) is 0.625. The topological polar surface area (TPSA) is 69.6 Å². The van der Waals surface area contributed by atoms with Crippen molar-refractivity contribution in [1.82, 2.24) is 19.8 Å². The van der Waals surface area contributed by atoms with E-state index >= 15 is 0 Å². The molecule has 1 saturated heterocycles. The van der Waals surface area contributed by atoms with Crippen LogP contribution in [0, 0.1) is 0 Å². The molecule has 1 fully saturated rings. The Morgan fingerprint density at radius 1 is 1.13 bits per heavy atom. The Labute approximate surface area is 137 Å². The third kappa shape index (κ3) is 4.40. The first-order valence-electron chi connectivity index (χ1n) is 7.87. The van der Waals surface area contributed by atoms with Crippen LogP contribution in [-0.2, 0) is 9.59 Å². The summed E-state index contributed by atoms with van der Waals surface area (Å²) in [6, 6.07) is 1.78. The molecule has 0 atom stereocenters. The Hall–Kier alpha value is -2.18. The summed E-state index contributed by atoms with van der Waals surface area (Å²) in [6.07, 6.45) is 3.43. The number of nitrogens with zero attached hydrogens (tertiary/aromatic N) is 5. The minimum Gasteiger partial charge on any atom is -0.338 e. The zero-order chi connectivity index (χ0) is 17.0. The molecule has 0 aliphatic carbocycles. The van der Waals surface area contributed by atoms with Gasteiger partial charge in [0.15, 0.2) is 0 Å². The number of aromatic nitrogens is 2. The van der Waals surface area contributed by atoms with Crippen LogP contribution >= 0.6 is 0 Å². The quantitative estimate of drug-likeness (QED) is 0.823. The van der Waals surface area contributed by atoms with E-state index in [1.54, 1.807) is 28.3 Å². The summed E-state index contributed by atoms with van der Waals surface area (Å²) in [5.74, 6) is 0.602. The predicted molar refractivity (Wildman–Crippen MR) is 88.0 cm³/mol. The van der Waals surface area contributed by atoms with Crippen molar-refractivity contribution in [3.05, 3.63) is 18.5 Å². The average Bonchev–Trinajstić information content (AvgIpc) is 2.52. The fourth-order valence-corrected chi connectivity index (χ4v) is 2.67. The third-order valence-corrected chi connectivity index (χ3v) is 3.95. The number of carbonyl (C=O) groups is 2. The molecule has 2 rings (SSSR count). The van der Waals surface area contributed by atoms with Gasteiger partial charge in [-0.3, -0.25) is 9.59 Å². The van der Waals surface area contributed by atoms with Gasteiger partial charge < -0.3 is 14.7 Å². The molecule has 2 heterocycles. The van der Waals surface area contributed by atoms with Gasteiger partial charge in [0, 0.05) is 51.0 Å². The van der Waals surface area contributed by atoms with Crippen molar-refractivity contribution in [3.63, 3.8) is 0 Å². The van der Waals surface area contributed by atoms with Gasteiger partial charge in [0.25, 0.3) is 0 Å². The van der Waals surface area contributed by atoms with Gasteiger partial charge in [0.05, 0.1) is 0 Å². The van der Waals surface area contributed by atoms with Crippen molar-refractivity contribution in [1.29, 1.82) is 0 Å². The van der Waals surface area contributed by atoms with Crippen molar-refractivity contribution < 1.29 is 9.59 Å². The molecule has 0 aromatic carbocycles. The molecule has 0 saturated carbocycles. The highest BCUT2D eigenvalue weighted by molar-refractivity contribution is 5.84. The van der Waals surface area contributed by atoms with Gasteiger partial charge in [-0.1, -0.05) is 0 Å². The lowest BCUT2D eigenvalue weighted by Crippen LogP contribution is -2.54. The monoisotopic (exact) mass is 319 g/mol. The molecule has 1 aliphatic rings. The smallest absolute Gasteiger partial charge is 0.242 e. The molecule has 1 aromatic rings. The molecule has 0 unspecified atom stereocenters. The normalized spacial score (nSPS) is 15.5. The van der Waals surface area contributed by atoms with Gasteiger partial charge >= 0.3 is 0 Å². The summed E-state index contributed by atoms with van der Waals surface area (Å²) in [7, 11) is 0. The Morgan fingerprint density at radius 3 is 2.17 bits per heavy atom. The van der Waals surface area contributed by atoms with Gasteiger partial charge in [-0.25, -0.2) is 9.97 Å². The van der Waals surface area contributed by atoms with Crippen molar-refractivity contribution in [3.8, 4) is 0 Å². The Balaban J connectivity index is 1.92. The summed E-state index contributed by atoms with van der Waals surface area (Å²) < 4.78 is 0. The van der Waals surface area contributed by atoms with E-state index in [0.717, 1.165) is 0 Å². The predicted octanol–water partition coefficient (Wildman–Crippen LogP) is 0.772. The van der Waals surface area contributed by atoms with E-state index in [2.05, 4.69) is 14.9 Å². The van der Waals surface area contributed by atoms with Crippen LogP contribution in [0.1, 0.15) is 27.7 Å². The Morgan fingerprint density at radius 2 is 1.70 bits per heavy atom. The summed E-state index contributed by atoms with van der Waals surface area (Å²) in [5, 5.41) is 0. The van der Waals surface area contributed by atoms with Crippen LogP contribution in [0.5, 0.6) is 0 Å². The number of rotatable bonds is 3. The average molecular weight is 319 g/mol. The van der Waals surface area contributed by atoms with E-state index < -0.39 is 0 Å². The van der Waals surface area contributed by atoms with Crippen molar-refractivity contribution in [2.45, 2.75) is 33.2 Å². The van der Waals surface area contributed by atoms with Crippen molar-refractivity contribution >= 4 is 17.8 Å². The van der Waals surface area contributed by atoms with Gasteiger partial charge in [0.1, 0.15) is 6.54 Å². The largest absolute Gasteiger partial charge is 0.338 e. The van der Waals surface area contributed by atoms with Crippen LogP contribution in [-0.4, -0.2) is 69.8 Å². The van der Waals surface area contributed by atoms with Gasteiger partial charge in [-0.15, -0.1) is 0 Å². The second kappa shape index (κ2) is 6.93. The minimum absolute atomic E-state index is 0.0104. The molecular formula is C16H25N5O2. The summed E-state index contributed by atoms with van der Waals surface area (Å²) in [4.78, 5) is 38.2. The first-order chi connectivity index (χ1) is 10.8. The SMILES string of the molecule is CC(=O)N(CC(=O)N1CCN(c2ncccn2)CC1)C(C)(C)C. The molecule has 0 bridgehead atoms. The fourth-order valence-electron chi connectivity index (χ4n) is 2.67. The number of piperazine rings is 1. The van der Waals surface area contributed by atoms with Gasteiger partial charge in [-0.2, -0.15) is 0 Å². The molecule has 1 aromatic heterocycles. The van der Waals surface area contributed by atoms with Crippen LogP contribution in [0.25, 0.3) is 0 Å². The molecule has 0 radical (unpaired) electrons. The maximum Gasteiger partial charge on any atom is 0.242 e. The Kier molecular flexibility index (Phi) is 5.18. The minimum atomic E-state index is -0.360. The maximum atomic E-state index is 12.5. The molecule has 0 spiro atoms. The van der Waals surface area contributed by atoms with E-state index in [-0.39, 0.29) is 23.9 Å². The number of hydrogen-bond acceptors (Lipinski definition) is 5. The summed E-state index contributed by atoms with van der Waals surface area (Å²) in [6.45, 7) is 10.1. The van der Waals surface area contributed by atoms with E-state index in [1.807, 2.05) is 20.8 Å². The lowest BCUT2D eigenvalue weighted by Gasteiger charge is -2.38. The molecule has 1 aliphatic heterocycles. The van der Waals surface area contributed by atoms with Crippen LogP contribution in [0.4, 0.5) is 5.95 Å². The Bertz CT molecular complexity index is 547. The zero-order valence-electron chi connectivity index (χ0n) is 14.3. The second-order valence-corrected chi connectivity index (χ2v) is 6.69. The summed E-state index contributed by atoms with van der Waals surface area (Å²) in [5.41, 5.74) is -0.360. The second-order valence-electron chi connectivity index (χ2n) is 6.69. The highest BCUT2D eigenvalue weighted by Crippen LogP contribution is 2.15. The summed E-state index contributed by atoms with van der Waals surface area (Å²) >= 11 is 0. The zero-order valence-corrected chi connectivity index (χ0v) is 14.3. The molecule has 23 heavy (non-hydrogen) atoms. The van der Waals surface area contributed by atoms with E-state index in [9.17, 15) is 9.59 Å². The molecule has 7 nitrogen and oxygen atoms in total. The van der Waals surface area contributed by atoms with Crippen LogP contribution in [0.15, 0.2) is 18.5 Å². The van der Waals surface area contributed by atoms with E-state index in [4.69, 9.17) is 0 Å². The highest BCUT2D eigenvalue weighted by atomic mass is 16.2. The van der Waals surface area contributed by atoms with Gasteiger partial charge in [-0.05, 0) is 26.8 Å². The first kappa shape index (κ1) is 17.2. The van der Waals surface area contributed by atoms with Crippen LogP contribution < -0.4 is 4.90 Å². The first-order valence-corrected chi connectivity index (χ1v) is 7.87. The number of carbonyl (C=O) groups excluding carboxylic acids is 2. The highest BCUT2D eigenvalue weighted by Gasteiger charge is 2.29. The third-order valence-electron chi connectivity index (χ3n) is 3.95. The van der Waals surface area contributed by atoms with Gasteiger partial charge in [0.2, 0.25) is 17.8 Å².